The van der Waals surface area contributed by atoms with Crippen molar-refractivity contribution in [1.29, 1.82) is 0 Å². The van der Waals surface area contributed by atoms with Crippen molar-refractivity contribution in [2.45, 2.75) is 91.5 Å². The summed E-state index contributed by atoms with van der Waals surface area (Å²) >= 11 is 0. The maximum atomic E-state index is 14.5. The van der Waals surface area contributed by atoms with E-state index in [1.165, 1.54) is 11.1 Å². The number of ether oxygens (including phenoxy) is 3. The molecule has 1 aromatic carbocycles. The van der Waals surface area contributed by atoms with Crippen molar-refractivity contribution in [2.75, 3.05) is 47.1 Å². The van der Waals surface area contributed by atoms with E-state index in [2.05, 4.69) is 79.9 Å². The number of methoxy groups -OCH3 is 2. The minimum absolute atomic E-state index is 0. The third-order valence-corrected chi connectivity index (χ3v) is 12.8. The van der Waals surface area contributed by atoms with Gasteiger partial charge in [0.25, 0.3) is 0 Å². The fraction of sp³-hybridized carbons (Fsp3) is 0.578. The second kappa shape index (κ2) is 17.9. The number of fused-ring (bicyclic) bond motifs is 6. The fourth-order valence-corrected chi connectivity index (χ4v) is 9.32. The van der Waals surface area contributed by atoms with E-state index in [1.807, 2.05) is 19.2 Å². The monoisotopic (exact) mass is 868 g/mol. The molecule has 1 radical (unpaired) electrons. The average Bonchev–Trinajstić information content (AvgIpc) is 3.69. The summed E-state index contributed by atoms with van der Waals surface area (Å²) in [4.78, 5) is 49.1. The van der Waals surface area contributed by atoms with Crippen LogP contribution in [0, 0.1) is 36.0 Å². The van der Waals surface area contributed by atoms with Gasteiger partial charge in [0.1, 0.15) is 11.8 Å². The number of hydrogen-bond donors (Lipinski definition) is 1. The summed E-state index contributed by atoms with van der Waals surface area (Å²) in [7, 11) is 3.42. The number of hydrazine groups is 1. The fourth-order valence-electron chi connectivity index (χ4n) is 9.32. The molecule has 6 bridgehead atoms. The molecule has 5 heterocycles. The van der Waals surface area contributed by atoms with Gasteiger partial charge in [0, 0.05) is 80.9 Å². The quantitative estimate of drug-likeness (QED) is 0.147. The number of cyclic esters (lactones) is 1. The number of amides is 1. The molecule has 2 unspecified atom stereocenters. The zero-order valence-corrected chi connectivity index (χ0v) is 36.4. The normalized spacial score (nSPS) is 28.2. The minimum atomic E-state index is -0.661. The molecular weight excluding hydrogens is 808 g/mol. The van der Waals surface area contributed by atoms with E-state index in [4.69, 9.17) is 19.2 Å². The Morgan fingerprint density at radius 1 is 1.19 bits per heavy atom. The van der Waals surface area contributed by atoms with Gasteiger partial charge in [-0.3, -0.25) is 29.3 Å². The molecule has 0 spiro atoms. The number of hydrogen-bond acceptors (Lipinski definition) is 9. The Hall–Kier alpha value is -3.28. The van der Waals surface area contributed by atoms with E-state index in [9.17, 15) is 14.4 Å². The number of rotatable bonds is 9. The molecule has 7 rings (SSSR count). The van der Waals surface area contributed by atoms with Crippen molar-refractivity contribution in [3.05, 3.63) is 66.3 Å². The van der Waals surface area contributed by atoms with Gasteiger partial charge in [-0.05, 0) is 86.4 Å². The van der Waals surface area contributed by atoms with Gasteiger partial charge in [0.2, 0.25) is 5.91 Å². The molecule has 4 aliphatic rings. The van der Waals surface area contributed by atoms with Crippen LogP contribution in [0.25, 0.3) is 27.7 Å². The summed E-state index contributed by atoms with van der Waals surface area (Å²) in [6.45, 7) is 17.6. The summed E-state index contributed by atoms with van der Waals surface area (Å²) in [5.41, 5.74) is 10.4. The van der Waals surface area contributed by atoms with E-state index in [0.717, 1.165) is 46.4 Å². The SMILES string of the molecule is [CH2-][C@@H]1[C@H](C)[C@H]1C(=O)CC1CN2CC(=CC[C@@H]2COC)c2ccc3c(c2)c(c(-c2cccnc2[C@H](C)OC)n3CC)CC(C)(C)COC(=O)[C@@H]2CCCN(N2)C1=O.[Ru+]. The van der Waals surface area contributed by atoms with E-state index >= 15 is 0 Å². The Balaban J connectivity index is 0.00000549. The van der Waals surface area contributed by atoms with Crippen molar-refractivity contribution in [2.24, 2.45) is 29.1 Å². The van der Waals surface area contributed by atoms with Gasteiger partial charge in [0.05, 0.1) is 36.6 Å². The molecular formula is C45H60N5O6Ru. The summed E-state index contributed by atoms with van der Waals surface area (Å²) in [6.07, 6.45) is 6.66. The molecule has 57 heavy (non-hydrogen) atoms. The molecule has 3 aromatic rings. The maximum Gasteiger partial charge on any atom is 1.00 e. The molecule has 1 aliphatic carbocycles. The van der Waals surface area contributed by atoms with E-state index in [1.54, 1.807) is 19.2 Å². The number of aromatic nitrogens is 2. The first-order chi connectivity index (χ1) is 26.8. The summed E-state index contributed by atoms with van der Waals surface area (Å²) < 4.78 is 20.0. The molecule has 2 aromatic heterocycles. The topological polar surface area (TPSA) is 115 Å². The number of Topliss-reactive ketones (excluding diaryl/α,β-unsaturated/α-hetero) is 1. The predicted octanol–water partition coefficient (Wildman–Crippen LogP) is 6.44. The second-order valence-corrected chi connectivity index (χ2v) is 17.3. The largest absolute Gasteiger partial charge is 1.00 e. The number of esters is 1. The van der Waals surface area contributed by atoms with Crippen LogP contribution in [0.5, 0.6) is 0 Å². The van der Waals surface area contributed by atoms with Crippen LogP contribution >= 0.6 is 0 Å². The molecule has 8 atom stereocenters. The van der Waals surface area contributed by atoms with Crippen LogP contribution in [0.15, 0.2) is 42.6 Å². The number of benzene rings is 1. The molecule has 1 saturated heterocycles. The molecule has 1 saturated carbocycles. The van der Waals surface area contributed by atoms with Crippen LogP contribution in [0.2, 0.25) is 0 Å². The van der Waals surface area contributed by atoms with Gasteiger partial charge in [-0.1, -0.05) is 38.8 Å². The van der Waals surface area contributed by atoms with Crippen LogP contribution in [0.3, 0.4) is 0 Å². The Kier molecular flexibility index (Phi) is 13.6. The molecule has 1 amide bonds. The van der Waals surface area contributed by atoms with Crippen molar-refractivity contribution >= 4 is 34.1 Å². The molecule has 12 heteroatoms. The predicted molar refractivity (Wildman–Crippen MR) is 217 cm³/mol. The zero-order valence-electron chi connectivity index (χ0n) is 34.7. The molecule has 11 nitrogen and oxygen atoms in total. The summed E-state index contributed by atoms with van der Waals surface area (Å²) in [5.74, 6) is -0.857. The van der Waals surface area contributed by atoms with Gasteiger partial charge < -0.3 is 25.7 Å². The molecule has 1 N–H and O–H groups in total. The Bertz CT molecular complexity index is 1990. The van der Waals surface area contributed by atoms with Gasteiger partial charge in [-0.2, -0.15) is 5.92 Å². The smallest absolute Gasteiger partial charge is 0.464 e. The summed E-state index contributed by atoms with van der Waals surface area (Å²) in [6, 6.07) is 10.3. The van der Waals surface area contributed by atoms with E-state index in [-0.39, 0.29) is 80.1 Å². The molecule has 3 aliphatic heterocycles. The van der Waals surface area contributed by atoms with Crippen molar-refractivity contribution in [1.82, 2.24) is 24.9 Å². The third-order valence-electron chi connectivity index (χ3n) is 12.8. The van der Waals surface area contributed by atoms with Crippen LogP contribution in [0.4, 0.5) is 0 Å². The standard InChI is InChI=1S/C45H60N5O6.Ru/c1-9-49-38-17-15-30-20-35(38)36(42(49)34-12-10-18-46-41(34)29(4)55-8)22-45(5,6)26-56-44(53)37-13-11-19-50(47-37)43(52)32(21-39(51)40-27(2)28(40)3)24-48-23-31(30)14-16-33(48)25-54-7;/h10,12,14-15,17-18,20,27-29,32-33,37,40,47H,2,9,11,13,16,19,21-26H2,1,3-8H3;/q-1;+1/t27-,28+,29+,32?,33-,37+,40+;/m1./s1. The number of carbonyl (C=O) groups is 3. The first kappa shape index (κ1) is 43.3. The second-order valence-electron chi connectivity index (χ2n) is 17.3. The number of nitrogens with zero attached hydrogens (tertiary/aromatic N) is 4. The number of carbonyl (C=O) groups excluding carboxylic acids is 3. The van der Waals surface area contributed by atoms with Gasteiger partial charge in [-0.15, -0.1) is 0 Å². The zero-order chi connectivity index (χ0) is 39.9. The number of nitrogens with one attached hydrogen (secondary N) is 1. The molecule has 2 fully saturated rings. The number of pyridine rings is 1. The minimum Gasteiger partial charge on any atom is -0.464 e. The van der Waals surface area contributed by atoms with Gasteiger partial charge in [0.15, 0.2) is 0 Å². The van der Waals surface area contributed by atoms with E-state index in [0.29, 0.717) is 45.5 Å². The maximum absolute atomic E-state index is 14.5. The van der Waals surface area contributed by atoms with Crippen LogP contribution in [0.1, 0.15) is 83.2 Å². The third kappa shape index (κ3) is 8.86. The van der Waals surface area contributed by atoms with Crippen LogP contribution in [-0.2, 0) is 61.0 Å². The van der Waals surface area contributed by atoms with Crippen molar-refractivity contribution < 1.29 is 48.1 Å². The van der Waals surface area contributed by atoms with Gasteiger partial charge >= 0.3 is 25.4 Å². The Labute approximate surface area is 351 Å². The van der Waals surface area contributed by atoms with Crippen LogP contribution in [-0.4, -0.2) is 96.3 Å². The summed E-state index contributed by atoms with van der Waals surface area (Å²) in [5, 5.41) is 2.73. The number of aryl methyl sites for hydroxylation is 1. The van der Waals surface area contributed by atoms with Crippen molar-refractivity contribution in [3.8, 4) is 11.3 Å². The first-order valence-corrected chi connectivity index (χ1v) is 20.5. The van der Waals surface area contributed by atoms with Gasteiger partial charge in [-0.25, -0.2) is 5.43 Å². The first-order valence-electron chi connectivity index (χ1n) is 20.5. The van der Waals surface area contributed by atoms with Crippen LogP contribution < -0.4 is 5.43 Å². The molecule has 309 valence electrons. The Morgan fingerprint density at radius 2 is 1.96 bits per heavy atom. The average molecular weight is 868 g/mol. The Morgan fingerprint density at radius 3 is 2.67 bits per heavy atom. The van der Waals surface area contributed by atoms with E-state index < -0.39 is 17.4 Å². The number of ketones is 1. The van der Waals surface area contributed by atoms with Crippen molar-refractivity contribution in [3.63, 3.8) is 0 Å².